The first-order valence-electron chi connectivity index (χ1n) is 12.7. The fraction of sp³-hybridized carbons (Fsp3) is 0.577. The molecule has 0 bridgehead atoms. The SMILES string of the molecule is CC(=O)NC1(c2noc(CCC(=O)N3CCN(C(=O)c4ccc(C)c(F)c4)CC3)n2)CCCCCC1. The van der Waals surface area contributed by atoms with Gasteiger partial charge in [0.1, 0.15) is 11.4 Å². The summed E-state index contributed by atoms with van der Waals surface area (Å²) >= 11 is 0. The number of rotatable bonds is 6. The zero-order valence-corrected chi connectivity index (χ0v) is 21.0. The summed E-state index contributed by atoms with van der Waals surface area (Å²) in [7, 11) is 0. The third-order valence-electron chi connectivity index (χ3n) is 7.16. The van der Waals surface area contributed by atoms with Gasteiger partial charge in [0.2, 0.25) is 17.7 Å². The second kappa shape index (κ2) is 11.2. The van der Waals surface area contributed by atoms with Crippen molar-refractivity contribution in [3.63, 3.8) is 0 Å². The Labute approximate surface area is 210 Å². The predicted octanol–water partition coefficient (Wildman–Crippen LogP) is 3.12. The van der Waals surface area contributed by atoms with Crippen LogP contribution in [0.3, 0.4) is 0 Å². The molecule has 194 valence electrons. The quantitative estimate of drug-likeness (QED) is 0.612. The van der Waals surface area contributed by atoms with Crippen molar-refractivity contribution in [2.45, 2.75) is 70.8 Å². The molecule has 1 aromatic carbocycles. The zero-order valence-electron chi connectivity index (χ0n) is 21.0. The lowest BCUT2D eigenvalue weighted by Gasteiger charge is -2.34. The number of nitrogens with zero attached hydrogens (tertiary/aromatic N) is 4. The monoisotopic (exact) mass is 499 g/mol. The molecule has 10 heteroatoms. The number of nitrogens with one attached hydrogen (secondary N) is 1. The Morgan fingerprint density at radius 2 is 1.72 bits per heavy atom. The second-order valence-corrected chi connectivity index (χ2v) is 9.83. The Bertz CT molecular complexity index is 1100. The molecular formula is C26H34FN5O4. The number of carbonyl (C=O) groups is 3. The van der Waals surface area contributed by atoms with E-state index in [1.54, 1.807) is 28.9 Å². The van der Waals surface area contributed by atoms with Crippen molar-refractivity contribution in [2.75, 3.05) is 26.2 Å². The molecule has 0 unspecified atom stereocenters. The molecule has 0 spiro atoms. The number of amides is 3. The predicted molar refractivity (Wildman–Crippen MR) is 129 cm³/mol. The van der Waals surface area contributed by atoms with E-state index in [1.807, 2.05) is 0 Å². The van der Waals surface area contributed by atoms with Gasteiger partial charge < -0.3 is 19.6 Å². The van der Waals surface area contributed by atoms with Crippen LogP contribution in [0.2, 0.25) is 0 Å². The molecule has 1 N–H and O–H groups in total. The Hall–Kier alpha value is -3.30. The van der Waals surface area contributed by atoms with Crippen molar-refractivity contribution in [1.29, 1.82) is 0 Å². The molecule has 9 nitrogen and oxygen atoms in total. The topological polar surface area (TPSA) is 109 Å². The Balaban J connectivity index is 1.30. The van der Waals surface area contributed by atoms with Gasteiger partial charge in [0.25, 0.3) is 5.91 Å². The molecule has 0 radical (unpaired) electrons. The van der Waals surface area contributed by atoms with Crippen LogP contribution in [-0.2, 0) is 21.5 Å². The number of halogens is 1. The van der Waals surface area contributed by atoms with E-state index in [2.05, 4.69) is 15.5 Å². The van der Waals surface area contributed by atoms with Crippen molar-refractivity contribution in [2.24, 2.45) is 0 Å². The fourth-order valence-electron chi connectivity index (χ4n) is 5.06. The van der Waals surface area contributed by atoms with Crippen LogP contribution < -0.4 is 5.32 Å². The highest BCUT2D eigenvalue weighted by molar-refractivity contribution is 5.94. The summed E-state index contributed by atoms with van der Waals surface area (Å²) in [5, 5.41) is 7.23. The van der Waals surface area contributed by atoms with Crippen LogP contribution in [0.15, 0.2) is 22.7 Å². The van der Waals surface area contributed by atoms with E-state index in [4.69, 9.17) is 4.52 Å². The number of benzene rings is 1. The fourth-order valence-corrected chi connectivity index (χ4v) is 5.06. The molecule has 1 saturated carbocycles. The zero-order chi connectivity index (χ0) is 25.7. The van der Waals surface area contributed by atoms with Gasteiger partial charge in [-0.05, 0) is 37.5 Å². The third-order valence-corrected chi connectivity index (χ3v) is 7.16. The molecule has 0 atom stereocenters. The van der Waals surface area contributed by atoms with E-state index < -0.39 is 11.4 Å². The van der Waals surface area contributed by atoms with Crippen LogP contribution in [0.25, 0.3) is 0 Å². The highest BCUT2D eigenvalue weighted by Crippen LogP contribution is 2.34. The molecule has 36 heavy (non-hydrogen) atoms. The standard InChI is InChI=1S/C26H34FN5O4/c1-18-7-8-20(17-21(18)27)24(35)32-15-13-31(14-16-32)23(34)10-9-22-28-25(30-36-22)26(29-19(2)33)11-5-3-4-6-12-26/h7-8,17H,3-6,9-16H2,1-2H3,(H,29,33). The van der Waals surface area contributed by atoms with Gasteiger partial charge in [0, 0.05) is 51.5 Å². The van der Waals surface area contributed by atoms with Crippen LogP contribution in [0.1, 0.15) is 79.5 Å². The average molecular weight is 500 g/mol. The van der Waals surface area contributed by atoms with Crippen molar-refractivity contribution >= 4 is 17.7 Å². The second-order valence-electron chi connectivity index (χ2n) is 9.83. The maximum atomic E-state index is 13.8. The van der Waals surface area contributed by atoms with Gasteiger partial charge in [-0.15, -0.1) is 0 Å². The van der Waals surface area contributed by atoms with Gasteiger partial charge >= 0.3 is 0 Å². The molecule has 1 aromatic heterocycles. The molecule has 3 amide bonds. The van der Waals surface area contributed by atoms with Crippen LogP contribution in [-0.4, -0.2) is 63.8 Å². The summed E-state index contributed by atoms with van der Waals surface area (Å²) in [5.41, 5.74) is 0.197. The molecule has 2 heterocycles. The molecule has 1 saturated heterocycles. The highest BCUT2D eigenvalue weighted by atomic mass is 19.1. The van der Waals surface area contributed by atoms with Gasteiger partial charge in [-0.1, -0.05) is 36.9 Å². The minimum atomic E-state index is -0.614. The molecule has 4 rings (SSSR count). The van der Waals surface area contributed by atoms with Crippen molar-refractivity contribution in [3.05, 3.63) is 46.9 Å². The lowest BCUT2D eigenvalue weighted by molar-refractivity contribution is -0.132. The third kappa shape index (κ3) is 5.91. The van der Waals surface area contributed by atoms with Crippen LogP contribution in [0.4, 0.5) is 4.39 Å². The van der Waals surface area contributed by atoms with Gasteiger partial charge in [0.15, 0.2) is 5.82 Å². The maximum absolute atomic E-state index is 13.8. The van der Waals surface area contributed by atoms with Gasteiger partial charge in [0.05, 0.1) is 0 Å². The van der Waals surface area contributed by atoms with Gasteiger partial charge in [-0.3, -0.25) is 14.4 Å². The van der Waals surface area contributed by atoms with E-state index in [0.717, 1.165) is 38.5 Å². The Morgan fingerprint density at radius 1 is 1.06 bits per heavy atom. The number of hydrogen-bond donors (Lipinski definition) is 1. The summed E-state index contributed by atoms with van der Waals surface area (Å²) in [6, 6.07) is 4.49. The van der Waals surface area contributed by atoms with E-state index >= 15 is 0 Å². The average Bonchev–Trinajstić information content (AvgIpc) is 3.23. The molecule has 2 aromatic rings. The lowest BCUT2D eigenvalue weighted by Crippen LogP contribution is -2.50. The molecular weight excluding hydrogens is 465 g/mol. The van der Waals surface area contributed by atoms with E-state index in [1.165, 1.54) is 13.0 Å². The Morgan fingerprint density at radius 3 is 2.36 bits per heavy atom. The normalized spacial score (nSPS) is 18.0. The first kappa shape index (κ1) is 25.8. The van der Waals surface area contributed by atoms with E-state index in [0.29, 0.717) is 55.4 Å². The van der Waals surface area contributed by atoms with Crippen LogP contribution in [0, 0.1) is 12.7 Å². The van der Waals surface area contributed by atoms with Crippen molar-refractivity contribution < 1.29 is 23.3 Å². The van der Waals surface area contributed by atoms with Gasteiger partial charge in [-0.25, -0.2) is 4.39 Å². The maximum Gasteiger partial charge on any atom is 0.254 e. The van der Waals surface area contributed by atoms with E-state index in [9.17, 15) is 18.8 Å². The number of aryl methyl sites for hydroxylation is 2. The van der Waals surface area contributed by atoms with Crippen molar-refractivity contribution in [3.8, 4) is 0 Å². The summed E-state index contributed by atoms with van der Waals surface area (Å²) in [6.07, 6.45) is 6.25. The van der Waals surface area contributed by atoms with Crippen LogP contribution in [0.5, 0.6) is 0 Å². The summed E-state index contributed by atoms with van der Waals surface area (Å²) in [5.74, 6) is 0.0639. The number of hydrogen-bond acceptors (Lipinski definition) is 6. The molecule has 1 aliphatic heterocycles. The highest BCUT2D eigenvalue weighted by Gasteiger charge is 2.38. The number of piperazine rings is 1. The lowest BCUT2D eigenvalue weighted by atomic mass is 9.89. The smallest absolute Gasteiger partial charge is 0.254 e. The first-order chi connectivity index (χ1) is 17.3. The number of carbonyl (C=O) groups excluding carboxylic acids is 3. The molecule has 2 aliphatic rings. The summed E-state index contributed by atoms with van der Waals surface area (Å²) < 4.78 is 19.3. The largest absolute Gasteiger partial charge is 0.343 e. The number of aromatic nitrogens is 2. The van der Waals surface area contributed by atoms with Crippen LogP contribution >= 0.6 is 0 Å². The molecule has 1 aliphatic carbocycles. The first-order valence-corrected chi connectivity index (χ1v) is 12.7. The summed E-state index contributed by atoms with van der Waals surface area (Å²) in [6.45, 7) is 4.77. The molecule has 2 fully saturated rings. The minimum Gasteiger partial charge on any atom is -0.343 e. The van der Waals surface area contributed by atoms with Crippen molar-refractivity contribution in [1.82, 2.24) is 25.3 Å². The van der Waals surface area contributed by atoms with E-state index in [-0.39, 0.29) is 24.1 Å². The van der Waals surface area contributed by atoms with Gasteiger partial charge in [-0.2, -0.15) is 4.98 Å². The summed E-state index contributed by atoms with van der Waals surface area (Å²) in [4.78, 5) is 45.3. The minimum absolute atomic E-state index is 0.0470. The Kier molecular flexibility index (Phi) is 8.01.